The Hall–Kier alpha value is -2.38. The molecule has 3 aromatic rings. The van der Waals surface area contributed by atoms with Gasteiger partial charge in [0.25, 0.3) is 0 Å². The van der Waals surface area contributed by atoms with E-state index in [4.69, 9.17) is 4.98 Å². The third kappa shape index (κ3) is 5.56. The van der Waals surface area contributed by atoms with Gasteiger partial charge in [0, 0.05) is 6.04 Å². The number of aromatic nitrogens is 2. The number of carbonyl (C=O) groups is 1. The summed E-state index contributed by atoms with van der Waals surface area (Å²) in [6.07, 6.45) is 10.8. The van der Waals surface area contributed by atoms with Crippen LogP contribution in [0.1, 0.15) is 76.1 Å². The first-order valence-corrected chi connectivity index (χ1v) is 14.3. The Kier molecular flexibility index (Phi) is 7.73. The lowest BCUT2D eigenvalue weighted by Gasteiger charge is -2.33. The lowest BCUT2D eigenvalue weighted by atomic mass is 9.83. The number of rotatable bonds is 7. The van der Waals surface area contributed by atoms with Crippen LogP contribution in [0.2, 0.25) is 0 Å². The zero-order valence-electron chi connectivity index (χ0n) is 20.1. The summed E-state index contributed by atoms with van der Waals surface area (Å²) in [4.78, 5) is 19.4. The van der Waals surface area contributed by atoms with Crippen molar-refractivity contribution in [1.29, 1.82) is 0 Å². The molecule has 2 aromatic carbocycles. The topological polar surface area (TPSA) is 70.0 Å². The molecule has 0 spiro atoms. The van der Waals surface area contributed by atoms with Crippen molar-refractivity contribution >= 4 is 28.1 Å². The number of hydrogen-bond donors (Lipinski definition) is 1. The van der Waals surface area contributed by atoms with Gasteiger partial charge >= 0.3 is 0 Å². The highest BCUT2D eigenvalue weighted by atomic mass is 32.2. The van der Waals surface area contributed by atoms with Gasteiger partial charge in [0.2, 0.25) is 5.91 Å². The highest BCUT2D eigenvalue weighted by Gasteiger charge is 2.36. The van der Waals surface area contributed by atoms with Crippen molar-refractivity contribution in [3.63, 3.8) is 0 Å². The van der Waals surface area contributed by atoms with Crippen LogP contribution in [0.25, 0.3) is 11.0 Å². The zero-order valence-corrected chi connectivity index (χ0v) is 20.9. The van der Waals surface area contributed by atoms with Crippen molar-refractivity contribution in [3.05, 3.63) is 60.2 Å². The largest absolute Gasteiger partial charge is 0.611 e. The molecule has 2 aliphatic rings. The van der Waals surface area contributed by atoms with Gasteiger partial charge in [-0.25, -0.2) is 9.37 Å². The lowest BCUT2D eigenvalue weighted by molar-refractivity contribution is -0.127. The third-order valence-corrected chi connectivity index (χ3v) is 8.90. The number of imidazole rings is 1. The minimum absolute atomic E-state index is 0.000829. The second-order valence-electron chi connectivity index (χ2n) is 10.0. The van der Waals surface area contributed by atoms with Gasteiger partial charge in [0.1, 0.15) is 11.9 Å². The number of carbonyl (C=O) groups excluding carboxylic acids is 1. The molecule has 1 aromatic heterocycles. The number of halogens is 1. The fourth-order valence-corrected chi connectivity index (χ4v) is 6.89. The summed E-state index contributed by atoms with van der Waals surface area (Å²) in [7, 11) is 0. The van der Waals surface area contributed by atoms with E-state index < -0.39 is 17.2 Å². The van der Waals surface area contributed by atoms with E-state index in [1.54, 1.807) is 6.07 Å². The third-order valence-electron chi connectivity index (χ3n) is 7.59. The van der Waals surface area contributed by atoms with Crippen LogP contribution >= 0.6 is 0 Å². The number of fused-ring (bicyclic) bond motifs is 1. The molecule has 0 saturated heterocycles. The summed E-state index contributed by atoms with van der Waals surface area (Å²) in [6.45, 7) is 0. The van der Waals surface area contributed by atoms with Crippen molar-refractivity contribution in [2.75, 3.05) is 0 Å². The molecule has 186 valence electrons. The number of nitrogens with zero attached hydrogens (tertiary/aromatic N) is 2. The van der Waals surface area contributed by atoms with Gasteiger partial charge in [-0.2, -0.15) is 0 Å². The van der Waals surface area contributed by atoms with Gasteiger partial charge in [-0.05, 0) is 73.1 Å². The molecule has 0 bridgehead atoms. The molecule has 1 N–H and O–H groups in total. The van der Waals surface area contributed by atoms with Crippen LogP contribution in [0.15, 0.2) is 53.4 Å². The monoisotopic (exact) mass is 495 g/mol. The Morgan fingerprint density at radius 1 is 1.03 bits per heavy atom. The Morgan fingerprint density at radius 3 is 2.43 bits per heavy atom. The highest BCUT2D eigenvalue weighted by Crippen LogP contribution is 2.37. The Bertz CT molecular complexity index is 1140. The van der Waals surface area contributed by atoms with E-state index in [1.165, 1.54) is 25.0 Å². The lowest BCUT2D eigenvalue weighted by Crippen LogP contribution is -2.44. The Morgan fingerprint density at radius 2 is 1.71 bits per heavy atom. The van der Waals surface area contributed by atoms with Crippen LogP contribution < -0.4 is 5.32 Å². The van der Waals surface area contributed by atoms with Crippen molar-refractivity contribution in [2.24, 2.45) is 5.92 Å². The number of hydrogen-bond acceptors (Lipinski definition) is 3. The average molecular weight is 496 g/mol. The van der Waals surface area contributed by atoms with E-state index in [0.717, 1.165) is 56.3 Å². The first-order chi connectivity index (χ1) is 17.1. The molecule has 7 heteroatoms. The maximum Gasteiger partial charge on any atom is 0.243 e. The van der Waals surface area contributed by atoms with E-state index in [1.807, 2.05) is 34.9 Å². The summed E-state index contributed by atoms with van der Waals surface area (Å²) in [5, 5.41) is 3.34. The van der Waals surface area contributed by atoms with E-state index >= 15 is 0 Å². The molecule has 1 heterocycles. The number of benzene rings is 2. The molecule has 5 rings (SSSR count). The standard InChI is InChI=1S/C28H34FN3O2S/c29-21-16-17-24-25(18-21)32(26(31-24)19-35(34)23-14-8-3-9-15-23)27(20-10-4-1-5-11-20)28(33)30-22-12-6-2-7-13-22/h3,8-9,14-18,20,22,27H,1-2,4-7,10-13,19H2,(H,30,33). The van der Waals surface area contributed by atoms with E-state index in [0.29, 0.717) is 16.9 Å². The van der Waals surface area contributed by atoms with Crippen LogP contribution in [-0.2, 0) is 21.7 Å². The molecule has 35 heavy (non-hydrogen) atoms. The quantitative estimate of drug-likeness (QED) is 0.406. The van der Waals surface area contributed by atoms with Gasteiger partial charge < -0.3 is 14.4 Å². The highest BCUT2D eigenvalue weighted by molar-refractivity contribution is 7.90. The molecular formula is C28H34FN3O2S. The first-order valence-electron chi connectivity index (χ1n) is 13.0. The molecule has 0 radical (unpaired) electrons. The molecule has 2 atom stereocenters. The average Bonchev–Trinajstić information content (AvgIpc) is 3.22. The predicted octanol–water partition coefficient (Wildman–Crippen LogP) is 6.05. The van der Waals surface area contributed by atoms with E-state index in [-0.39, 0.29) is 29.4 Å². The van der Waals surface area contributed by atoms with Crippen molar-refractivity contribution < 1.29 is 13.7 Å². The molecule has 2 aliphatic carbocycles. The zero-order chi connectivity index (χ0) is 24.2. The van der Waals surface area contributed by atoms with Crippen molar-refractivity contribution in [3.8, 4) is 0 Å². The van der Waals surface area contributed by atoms with Crippen LogP contribution in [0.3, 0.4) is 0 Å². The second-order valence-corrected chi connectivity index (χ2v) is 11.5. The molecule has 2 unspecified atom stereocenters. The molecule has 1 amide bonds. The Balaban J connectivity index is 1.55. The van der Waals surface area contributed by atoms with Gasteiger partial charge in [-0.1, -0.05) is 56.7 Å². The normalized spacial score (nSPS) is 19.5. The van der Waals surface area contributed by atoms with Crippen LogP contribution in [0.5, 0.6) is 0 Å². The second kappa shape index (κ2) is 11.1. The van der Waals surface area contributed by atoms with E-state index in [9.17, 15) is 13.7 Å². The van der Waals surface area contributed by atoms with Crippen LogP contribution in [0.4, 0.5) is 4.39 Å². The molecule has 2 saturated carbocycles. The predicted molar refractivity (Wildman–Crippen MR) is 137 cm³/mol. The SMILES string of the molecule is O=C(NC1CCCCC1)C(C1CCCCC1)n1c(C[S+]([O-])c2ccccc2)nc2ccc(F)cc21. The molecule has 5 nitrogen and oxygen atoms in total. The minimum atomic E-state index is -1.33. The van der Waals surface area contributed by atoms with Crippen molar-refractivity contribution in [2.45, 2.75) is 86.9 Å². The smallest absolute Gasteiger partial charge is 0.243 e. The molecule has 2 fully saturated rings. The van der Waals surface area contributed by atoms with Gasteiger partial charge in [-0.15, -0.1) is 0 Å². The minimum Gasteiger partial charge on any atom is -0.611 e. The molecule has 0 aliphatic heterocycles. The summed E-state index contributed by atoms with van der Waals surface area (Å²) in [5.41, 5.74) is 1.25. The van der Waals surface area contributed by atoms with Gasteiger partial charge in [0.05, 0.1) is 11.0 Å². The fraction of sp³-hybridized carbons (Fsp3) is 0.500. The summed E-state index contributed by atoms with van der Waals surface area (Å²) >= 11 is -1.33. The van der Waals surface area contributed by atoms with Crippen LogP contribution in [0, 0.1) is 11.7 Å². The summed E-state index contributed by atoms with van der Waals surface area (Å²) < 4.78 is 29.6. The van der Waals surface area contributed by atoms with Gasteiger partial charge in [-0.3, -0.25) is 4.79 Å². The summed E-state index contributed by atoms with van der Waals surface area (Å²) in [6, 6.07) is 13.6. The number of amides is 1. The maximum atomic E-state index is 14.4. The van der Waals surface area contributed by atoms with E-state index in [2.05, 4.69) is 5.32 Å². The van der Waals surface area contributed by atoms with Crippen molar-refractivity contribution in [1.82, 2.24) is 14.9 Å². The summed E-state index contributed by atoms with van der Waals surface area (Å²) in [5.74, 6) is 0.558. The molecular weight excluding hydrogens is 461 g/mol. The number of nitrogens with one attached hydrogen (secondary N) is 1. The van der Waals surface area contributed by atoms with Gasteiger partial charge in [0.15, 0.2) is 16.5 Å². The Labute approximate surface area is 209 Å². The first kappa shape index (κ1) is 24.3. The fourth-order valence-electron chi connectivity index (χ4n) is 5.83. The van der Waals surface area contributed by atoms with Crippen LogP contribution in [-0.4, -0.2) is 26.1 Å². The maximum absolute atomic E-state index is 14.4.